The summed E-state index contributed by atoms with van der Waals surface area (Å²) in [7, 11) is 0. The molecule has 0 saturated heterocycles. The molecule has 0 unspecified atom stereocenters. The van der Waals surface area contributed by atoms with E-state index < -0.39 is 0 Å². The summed E-state index contributed by atoms with van der Waals surface area (Å²) in [4.78, 5) is 17.7. The number of thiazole rings is 1. The average Bonchev–Trinajstić information content (AvgIpc) is 3.35. The lowest BCUT2D eigenvalue weighted by Crippen LogP contribution is -2.27. The zero-order valence-corrected chi connectivity index (χ0v) is 19.3. The normalized spacial score (nSPS) is 13.8. The van der Waals surface area contributed by atoms with Crippen LogP contribution in [-0.4, -0.2) is 30.7 Å². The topological polar surface area (TPSA) is 94.3 Å². The molecule has 0 bridgehead atoms. The predicted octanol–water partition coefficient (Wildman–Crippen LogP) is 5.56. The molecule has 1 saturated carbocycles. The van der Waals surface area contributed by atoms with Gasteiger partial charge in [0.1, 0.15) is 11.6 Å². The van der Waals surface area contributed by atoms with Crippen LogP contribution in [0.2, 0.25) is 0 Å². The number of aromatic nitrogens is 5. The predicted molar refractivity (Wildman–Crippen MR) is 127 cm³/mol. The van der Waals surface area contributed by atoms with E-state index in [1.54, 1.807) is 28.8 Å². The number of carbonyl (C=O) groups excluding carboxylic acids is 1. The van der Waals surface area contributed by atoms with Gasteiger partial charge in [-0.05, 0) is 61.0 Å². The standard InChI is InChI=1S/C23H17FN6O2S2/c24-14-5-2-6-15(11-14)32-20-10-9-19-27-28-23(30(19)29-20)33-16-7-8-17-18(12-16)34-22(25-17)26-21(31)13-3-1-4-13/h2,5-13H,1,3-4H2,(H,25,26,31). The van der Waals surface area contributed by atoms with E-state index in [-0.39, 0.29) is 17.6 Å². The molecular formula is C23H17FN6O2S2. The van der Waals surface area contributed by atoms with Crippen LogP contribution >= 0.6 is 23.1 Å². The highest BCUT2D eigenvalue weighted by molar-refractivity contribution is 7.99. The molecule has 1 N–H and O–H groups in total. The maximum atomic E-state index is 13.5. The number of hydrogen-bond acceptors (Lipinski definition) is 8. The number of amides is 1. The number of fused-ring (bicyclic) bond motifs is 2. The maximum absolute atomic E-state index is 13.5. The Bertz CT molecular complexity index is 1530. The van der Waals surface area contributed by atoms with Gasteiger partial charge in [-0.3, -0.25) is 4.79 Å². The fourth-order valence-electron chi connectivity index (χ4n) is 3.53. The first-order valence-electron chi connectivity index (χ1n) is 10.7. The molecule has 2 aromatic carbocycles. The number of hydrogen-bond donors (Lipinski definition) is 1. The Labute approximate surface area is 201 Å². The van der Waals surface area contributed by atoms with Crippen molar-refractivity contribution in [3.8, 4) is 11.6 Å². The van der Waals surface area contributed by atoms with E-state index in [9.17, 15) is 9.18 Å². The Morgan fingerprint density at radius 3 is 2.88 bits per heavy atom. The van der Waals surface area contributed by atoms with Gasteiger partial charge < -0.3 is 10.1 Å². The maximum Gasteiger partial charge on any atom is 0.237 e. The quantitative estimate of drug-likeness (QED) is 0.332. The third kappa shape index (κ3) is 4.19. The summed E-state index contributed by atoms with van der Waals surface area (Å²) in [6.45, 7) is 0. The lowest BCUT2D eigenvalue weighted by molar-refractivity contribution is -0.122. The summed E-state index contributed by atoms with van der Waals surface area (Å²) < 4.78 is 21.7. The van der Waals surface area contributed by atoms with Gasteiger partial charge in [-0.15, -0.1) is 15.3 Å². The summed E-state index contributed by atoms with van der Waals surface area (Å²) in [5.41, 5.74) is 1.39. The lowest BCUT2D eigenvalue weighted by atomic mass is 9.85. The first-order chi connectivity index (χ1) is 16.6. The van der Waals surface area contributed by atoms with E-state index in [0.29, 0.717) is 27.6 Å². The zero-order valence-electron chi connectivity index (χ0n) is 17.6. The first kappa shape index (κ1) is 21.0. The highest BCUT2D eigenvalue weighted by atomic mass is 32.2. The molecule has 0 aliphatic heterocycles. The van der Waals surface area contributed by atoms with Crippen LogP contribution in [0.5, 0.6) is 11.6 Å². The summed E-state index contributed by atoms with van der Waals surface area (Å²) in [5, 5.41) is 17.0. The monoisotopic (exact) mass is 492 g/mol. The molecule has 170 valence electrons. The number of halogens is 1. The first-order valence-corrected chi connectivity index (χ1v) is 12.3. The number of rotatable bonds is 6. The molecule has 1 aliphatic rings. The van der Waals surface area contributed by atoms with Gasteiger partial charge >= 0.3 is 0 Å². The van der Waals surface area contributed by atoms with Gasteiger partial charge in [0.25, 0.3) is 0 Å². The molecule has 5 aromatic rings. The van der Waals surface area contributed by atoms with Gasteiger partial charge in [-0.1, -0.05) is 23.8 Å². The van der Waals surface area contributed by atoms with Gasteiger partial charge in [0.15, 0.2) is 10.8 Å². The van der Waals surface area contributed by atoms with Gasteiger partial charge in [0.2, 0.25) is 16.9 Å². The van der Waals surface area contributed by atoms with E-state index in [1.807, 2.05) is 18.2 Å². The molecule has 3 aromatic heterocycles. The molecule has 1 amide bonds. The van der Waals surface area contributed by atoms with Crippen LogP contribution < -0.4 is 10.1 Å². The summed E-state index contributed by atoms with van der Waals surface area (Å²) >= 11 is 2.85. The number of ether oxygens (including phenoxy) is 1. The number of anilines is 1. The van der Waals surface area contributed by atoms with Crippen molar-refractivity contribution in [2.24, 2.45) is 5.92 Å². The number of nitrogens with zero attached hydrogens (tertiary/aromatic N) is 5. The molecular weight excluding hydrogens is 475 g/mol. The van der Waals surface area contributed by atoms with E-state index >= 15 is 0 Å². The van der Waals surface area contributed by atoms with Crippen LogP contribution in [0.1, 0.15) is 19.3 Å². The summed E-state index contributed by atoms with van der Waals surface area (Å²) in [6, 6.07) is 15.1. The Morgan fingerprint density at radius 1 is 1.15 bits per heavy atom. The fourth-order valence-corrected chi connectivity index (χ4v) is 5.34. The molecule has 6 rings (SSSR count). The van der Waals surface area contributed by atoms with Crippen LogP contribution in [0.3, 0.4) is 0 Å². The second-order valence-corrected chi connectivity index (χ2v) is 9.92. The number of nitrogens with one attached hydrogen (secondary N) is 1. The molecule has 0 atom stereocenters. The van der Waals surface area contributed by atoms with Crippen LogP contribution in [0.25, 0.3) is 15.9 Å². The number of benzene rings is 2. The largest absolute Gasteiger partial charge is 0.437 e. The van der Waals surface area contributed by atoms with Gasteiger partial charge in [0, 0.05) is 22.9 Å². The van der Waals surface area contributed by atoms with Crippen molar-refractivity contribution in [1.29, 1.82) is 0 Å². The van der Waals surface area contributed by atoms with Crippen LogP contribution in [0, 0.1) is 11.7 Å². The molecule has 3 heterocycles. The van der Waals surface area contributed by atoms with E-state index in [1.165, 1.54) is 35.2 Å². The number of carbonyl (C=O) groups is 1. The van der Waals surface area contributed by atoms with Crippen molar-refractivity contribution >= 4 is 50.0 Å². The third-order valence-corrected chi connectivity index (χ3v) is 7.36. The van der Waals surface area contributed by atoms with Crippen LogP contribution in [-0.2, 0) is 4.79 Å². The molecule has 0 radical (unpaired) electrons. The molecule has 11 heteroatoms. The SMILES string of the molecule is O=C(Nc1nc2ccc(Sc3nnc4ccc(Oc5cccc(F)c5)nn34)cc2s1)C1CCC1. The van der Waals surface area contributed by atoms with Crippen molar-refractivity contribution in [2.45, 2.75) is 29.3 Å². The highest BCUT2D eigenvalue weighted by Crippen LogP contribution is 2.34. The molecule has 8 nitrogen and oxygen atoms in total. The van der Waals surface area contributed by atoms with E-state index in [0.717, 1.165) is 34.4 Å². The van der Waals surface area contributed by atoms with Crippen molar-refractivity contribution in [2.75, 3.05) is 5.32 Å². The van der Waals surface area contributed by atoms with E-state index in [4.69, 9.17) is 4.74 Å². The van der Waals surface area contributed by atoms with Crippen LogP contribution in [0.15, 0.2) is 64.6 Å². The lowest BCUT2D eigenvalue weighted by Gasteiger charge is -2.23. The van der Waals surface area contributed by atoms with Gasteiger partial charge in [-0.25, -0.2) is 9.37 Å². The third-order valence-electron chi connectivity index (χ3n) is 5.50. The summed E-state index contributed by atoms with van der Waals surface area (Å²) in [6.07, 6.45) is 3.02. The smallest absolute Gasteiger partial charge is 0.237 e. The Morgan fingerprint density at radius 2 is 2.06 bits per heavy atom. The van der Waals surface area contributed by atoms with Crippen LogP contribution in [0.4, 0.5) is 9.52 Å². The van der Waals surface area contributed by atoms with Crippen molar-refractivity contribution < 1.29 is 13.9 Å². The molecule has 1 fully saturated rings. The van der Waals surface area contributed by atoms with Crippen molar-refractivity contribution in [3.05, 3.63) is 60.4 Å². The molecule has 0 spiro atoms. The second kappa shape index (κ2) is 8.65. The summed E-state index contributed by atoms with van der Waals surface area (Å²) in [5.74, 6) is 0.427. The average molecular weight is 493 g/mol. The fraction of sp³-hybridized carbons (Fsp3) is 0.174. The minimum atomic E-state index is -0.386. The van der Waals surface area contributed by atoms with Gasteiger partial charge in [-0.2, -0.15) is 4.52 Å². The minimum Gasteiger partial charge on any atom is -0.437 e. The Hall–Kier alpha value is -3.57. The molecule has 1 aliphatic carbocycles. The zero-order chi connectivity index (χ0) is 23.1. The van der Waals surface area contributed by atoms with Gasteiger partial charge in [0.05, 0.1) is 10.2 Å². The Balaban J connectivity index is 1.23. The van der Waals surface area contributed by atoms with Crippen molar-refractivity contribution in [1.82, 2.24) is 24.8 Å². The Kier molecular flexibility index (Phi) is 5.34. The second-order valence-electron chi connectivity index (χ2n) is 7.85. The molecule has 34 heavy (non-hydrogen) atoms. The highest BCUT2D eigenvalue weighted by Gasteiger charge is 2.25. The van der Waals surface area contributed by atoms with Crippen molar-refractivity contribution in [3.63, 3.8) is 0 Å². The van der Waals surface area contributed by atoms with E-state index in [2.05, 4.69) is 25.6 Å². The minimum absolute atomic E-state index is 0.0529.